The summed E-state index contributed by atoms with van der Waals surface area (Å²) in [6.07, 6.45) is 11.4. The van der Waals surface area contributed by atoms with Gasteiger partial charge in [-0.15, -0.1) is 0 Å². The third-order valence-electron chi connectivity index (χ3n) is 6.91. The van der Waals surface area contributed by atoms with E-state index in [9.17, 15) is 19.7 Å². The number of hydrogen-bond acceptors (Lipinski definition) is 8. The molecule has 11 heteroatoms. The fraction of sp³-hybridized carbons (Fsp3) is 0.615. The highest BCUT2D eigenvalue weighted by Gasteiger charge is 2.48. The number of hydrogen-bond donors (Lipinski definition) is 2. The summed E-state index contributed by atoms with van der Waals surface area (Å²) in [6, 6.07) is 5.12. The number of hydrazone groups is 1. The lowest BCUT2D eigenvalue weighted by Crippen LogP contribution is -2.64. The number of nitrogens with one attached hydrogen (secondary N) is 2. The number of carbonyl (C=O) groups is 2. The Morgan fingerprint density at radius 2 is 1.76 bits per heavy atom. The van der Waals surface area contributed by atoms with E-state index in [0.29, 0.717) is 23.8 Å². The summed E-state index contributed by atoms with van der Waals surface area (Å²) in [5.41, 5.74) is 4.07. The van der Waals surface area contributed by atoms with Gasteiger partial charge in [-0.1, -0.05) is 76.8 Å². The van der Waals surface area contributed by atoms with Crippen molar-refractivity contribution in [3.63, 3.8) is 0 Å². The first-order valence-electron chi connectivity index (χ1n) is 13.3. The summed E-state index contributed by atoms with van der Waals surface area (Å²) in [4.78, 5) is 43.4. The van der Waals surface area contributed by atoms with E-state index in [0.717, 1.165) is 19.3 Å². The number of carbonyl (C=O) groups excluding carboxylic acids is 2. The van der Waals surface area contributed by atoms with Crippen molar-refractivity contribution in [3.8, 4) is 0 Å². The maximum absolute atomic E-state index is 12.7. The number of nitro benzene ring substituents is 1. The number of amides is 3. The molecule has 2 unspecified atom stereocenters. The van der Waals surface area contributed by atoms with Crippen molar-refractivity contribution in [1.29, 1.82) is 0 Å². The van der Waals surface area contributed by atoms with Crippen LogP contribution in [0.4, 0.5) is 10.5 Å². The topological polar surface area (TPSA) is 133 Å². The van der Waals surface area contributed by atoms with E-state index >= 15 is 0 Å². The monoisotopic (exact) mass is 513 g/mol. The molecule has 37 heavy (non-hydrogen) atoms. The third-order valence-corrected chi connectivity index (χ3v) is 6.91. The first-order chi connectivity index (χ1) is 17.8. The molecule has 0 spiro atoms. The molecule has 2 aliphatic heterocycles. The standard InChI is InChI=1S/C26H39N7O4/c1-4-5-6-7-8-9-10-11-12-13-17-32-22-23(31(3)26(35)28-24(22)34)27-25(32)30-29-19(2)20-15-14-16-21(18-20)33(36)37/h14-16,18,22-23H,4-13,17H2,1-3H3,(H,27,30)(H,28,34,35)/b29-19-. The van der Waals surface area contributed by atoms with Gasteiger partial charge in [-0.25, -0.2) is 15.2 Å². The number of nitro groups is 1. The first kappa shape index (κ1) is 28.1. The van der Waals surface area contributed by atoms with Crippen molar-refractivity contribution < 1.29 is 14.5 Å². The molecule has 0 bridgehead atoms. The van der Waals surface area contributed by atoms with Crippen LogP contribution in [0.2, 0.25) is 0 Å². The number of fused-ring (bicyclic) bond motifs is 1. The van der Waals surface area contributed by atoms with E-state index in [1.807, 2.05) is 4.90 Å². The summed E-state index contributed by atoms with van der Waals surface area (Å²) in [5.74, 6) is 0.0347. The van der Waals surface area contributed by atoms with Crippen molar-refractivity contribution in [2.75, 3.05) is 13.6 Å². The molecule has 2 heterocycles. The lowest BCUT2D eigenvalue weighted by atomic mass is 10.1. The van der Waals surface area contributed by atoms with Crippen LogP contribution in [0.5, 0.6) is 0 Å². The van der Waals surface area contributed by atoms with Crippen LogP contribution in [0.3, 0.4) is 0 Å². The molecule has 2 aliphatic rings. The molecule has 2 N–H and O–H groups in total. The molecule has 0 aliphatic carbocycles. The zero-order valence-corrected chi connectivity index (χ0v) is 22.1. The predicted octanol–water partition coefficient (Wildman–Crippen LogP) is 4.38. The number of unbranched alkanes of at least 4 members (excludes halogenated alkanes) is 9. The summed E-state index contributed by atoms with van der Waals surface area (Å²) in [7, 11) is 1.61. The van der Waals surface area contributed by atoms with Crippen molar-refractivity contribution in [2.24, 2.45) is 10.1 Å². The minimum Gasteiger partial charge on any atom is -0.326 e. The summed E-state index contributed by atoms with van der Waals surface area (Å²) >= 11 is 0. The van der Waals surface area contributed by atoms with Gasteiger partial charge in [0.25, 0.3) is 11.6 Å². The number of guanidine groups is 1. The molecule has 1 saturated heterocycles. The molecule has 1 aromatic rings. The molecule has 0 saturated carbocycles. The molecule has 2 atom stereocenters. The molecule has 11 nitrogen and oxygen atoms in total. The van der Waals surface area contributed by atoms with Gasteiger partial charge in [0.05, 0.1) is 10.6 Å². The SMILES string of the molecule is CCCCCCCCCCCCN1C(N/N=C(/C)c2cccc([N+](=O)[O-])c2)=NC2C1C(=O)NC(=O)N2C. The molecule has 1 fully saturated rings. The summed E-state index contributed by atoms with van der Waals surface area (Å²) in [5, 5.41) is 17.9. The highest BCUT2D eigenvalue weighted by Crippen LogP contribution is 2.24. The van der Waals surface area contributed by atoms with E-state index in [2.05, 4.69) is 27.8 Å². The van der Waals surface area contributed by atoms with E-state index in [4.69, 9.17) is 0 Å². The van der Waals surface area contributed by atoms with Crippen LogP contribution in [0.15, 0.2) is 34.4 Å². The average molecular weight is 514 g/mol. The quantitative estimate of drug-likeness (QED) is 0.164. The molecule has 3 amide bonds. The Morgan fingerprint density at radius 1 is 1.11 bits per heavy atom. The lowest BCUT2D eigenvalue weighted by Gasteiger charge is -2.36. The van der Waals surface area contributed by atoms with Gasteiger partial charge in [0.15, 0.2) is 12.2 Å². The maximum Gasteiger partial charge on any atom is 0.325 e. The number of nitrogens with zero attached hydrogens (tertiary/aromatic N) is 5. The molecule has 3 rings (SSSR count). The largest absolute Gasteiger partial charge is 0.326 e. The van der Waals surface area contributed by atoms with E-state index in [1.165, 1.54) is 62.0 Å². The Morgan fingerprint density at radius 3 is 2.41 bits per heavy atom. The number of non-ortho nitro benzene ring substituents is 1. The number of urea groups is 1. The summed E-state index contributed by atoms with van der Waals surface area (Å²) in [6.45, 7) is 4.57. The zero-order valence-electron chi connectivity index (χ0n) is 22.1. The number of aliphatic imine (C=N–C) groups is 1. The number of imide groups is 1. The Labute approximate surface area is 218 Å². The Bertz CT molecular complexity index is 1030. The Balaban J connectivity index is 1.61. The first-order valence-corrected chi connectivity index (χ1v) is 13.3. The van der Waals surface area contributed by atoms with Gasteiger partial charge in [-0.2, -0.15) is 5.10 Å². The maximum atomic E-state index is 12.7. The highest BCUT2D eigenvalue weighted by atomic mass is 16.6. The van der Waals surface area contributed by atoms with Crippen LogP contribution in [0.1, 0.15) is 83.6 Å². The normalized spacial score (nSPS) is 19.5. The molecule has 0 radical (unpaired) electrons. The van der Waals surface area contributed by atoms with Gasteiger partial charge >= 0.3 is 6.03 Å². The Kier molecular flexibility index (Phi) is 10.4. The van der Waals surface area contributed by atoms with E-state index < -0.39 is 23.2 Å². The minimum absolute atomic E-state index is 0.0179. The van der Waals surface area contributed by atoms with E-state index in [1.54, 1.807) is 26.1 Å². The highest BCUT2D eigenvalue weighted by molar-refractivity contribution is 6.04. The minimum atomic E-state index is -0.639. The zero-order chi connectivity index (χ0) is 26.8. The second kappa shape index (κ2) is 13.7. The molecule has 202 valence electrons. The molecule has 1 aromatic carbocycles. The van der Waals surface area contributed by atoms with Gasteiger partial charge in [-0.3, -0.25) is 20.2 Å². The molecular weight excluding hydrogens is 474 g/mol. The number of likely N-dealkylation sites (N-methyl/N-ethyl adjacent to an activating group) is 1. The predicted molar refractivity (Wildman–Crippen MR) is 143 cm³/mol. The van der Waals surface area contributed by atoms with E-state index in [-0.39, 0.29) is 11.6 Å². The second-order valence-electron chi connectivity index (χ2n) is 9.71. The van der Waals surface area contributed by atoms with Gasteiger partial charge in [0, 0.05) is 31.3 Å². The van der Waals surface area contributed by atoms with Crippen LogP contribution in [0, 0.1) is 10.1 Å². The summed E-state index contributed by atoms with van der Waals surface area (Å²) < 4.78 is 0. The molecular formula is C26H39N7O4. The number of benzene rings is 1. The van der Waals surface area contributed by atoms with Crippen LogP contribution in [-0.2, 0) is 4.79 Å². The van der Waals surface area contributed by atoms with Crippen molar-refractivity contribution in [1.82, 2.24) is 20.5 Å². The van der Waals surface area contributed by atoms with Crippen molar-refractivity contribution >= 4 is 29.3 Å². The van der Waals surface area contributed by atoms with Crippen LogP contribution >= 0.6 is 0 Å². The fourth-order valence-electron chi connectivity index (χ4n) is 4.68. The third kappa shape index (κ3) is 7.50. The van der Waals surface area contributed by atoms with Gasteiger partial charge in [0.1, 0.15) is 0 Å². The van der Waals surface area contributed by atoms with Crippen LogP contribution < -0.4 is 10.7 Å². The van der Waals surface area contributed by atoms with Crippen molar-refractivity contribution in [3.05, 3.63) is 39.9 Å². The lowest BCUT2D eigenvalue weighted by molar-refractivity contribution is -0.384. The molecule has 0 aromatic heterocycles. The second-order valence-corrected chi connectivity index (χ2v) is 9.71. The Hall–Kier alpha value is -3.50. The number of rotatable bonds is 14. The van der Waals surface area contributed by atoms with Gasteiger partial charge < -0.3 is 9.80 Å². The average Bonchev–Trinajstić information content (AvgIpc) is 3.26. The fourth-order valence-corrected chi connectivity index (χ4v) is 4.68. The smallest absolute Gasteiger partial charge is 0.325 e. The van der Waals surface area contributed by atoms with Gasteiger partial charge in [0.2, 0.25) is 5.96 Å². The van der Waals surface area contributed by atoms with Crippen molar-refractivity contribution in [2.45, 2.75) is 90.3 Å². The van der Waals surface area contributed by atoms with Gasteiger partial charge in [-0.05, 0) is 13.3 Å². The van der Waals surface area contributed by atoms with Crippen LogP contribution in [-0.4, -0.2) is 64.1 Å². The van der Waals surface area contributed by atoms with Crippen LogP contribution in [0.25, 0.3) is 0 Å².